The summed E-state index contributed by atoms with van der Waals surface area (Å²) in [4.78, 5) is 0. The predicted octanol–water partition coefficient (Wildman–Crippen LogP) is 6.79. The summed E-state index contributed by atoms with van der Waals surface area (Å²) in [5.74, 6) is 0.518. The summed E-state index contributed by atoms with van der Waals surface area (Å²) in [5.41, 5.74) is 8.13. The van der Waals surface area contributed by atoms with Crippen molar-refractivity contribution >= 4 is 62.3 Å². The first-order valence-electron chi connectivity index (χ1n) is 11.7. The van der Waals surface area contributed by atoms with Crippen LogP contribution in [-0.4, -0.2) is 12.5 Å². The summed E-state index contributed by atoms with van der Waals surface area (Å²) < 4.78 is 4.89. The molecule has 160 valence electrons. The maximum absolute atomic E-state index is 2.57. The number of fused-ring (bicyclic) bond motifs is 5. The second-order valence-corrected chi connectivity index (χ2v) is 16.0. The SMILES string of the molecule is Cc1ccc2c3cc(C(C)C)ccc3n3c4cc([Si](C)(C)C)cc5cc[n+](C)c(c1c23)c54. The highest BCUT2D eigenvalue weighted by atomic mass is 28.3. The predicted molar refractivity (Wildman–Crippen MR) is 142 cm³/mol. The zero-order valence-electron chi connectivity index (χ0n) is 20.2. The van der Waals surface area contributed by atoms with Crippen LogP contribution in [0, 0.1) is 6.92 Å². The van der Waals surface area contributed by atoms with Gasteiger partial charge >= 0.3 is 0 Å². The lowest BCUT2D eigenvalue weighted by molar-refractivity contribution is -0.643. The number of hydrogen-bond donors (Lipinski definition) is 0. The third kappa shape index (κ3) is 2.49. The molecule has 0 saturated heterocycles. The molecule has 6 rings (SSSR count). The molecule has 0 atom stereocenters. The van der Waals surface area contributed by atoms with E-state index < -0.39 is 8.07 Å². The highest BCUT2D eigenvalue weighted by Gasteiger charge is 2.26. The molecule has 0 radical (unpaired) electrons. The molecule has 0 N–H and O–H groups in total. The molecule has 3 aromatic heterocycles. The van der Waals surface area contributed by atoms with Crippen molar-refractivity contribution in [1.29, 1.82) is 0 Å². The molecule has 3 heterocycles. The number of benzene rings is 3. The second kappa shape index (κ2) is 6.32. The molecule has 0 bridgehead atoms. The van der Waals surface area contributed by atoms with Crippen LogP contribution < -0.4 is 9.75 Å². The molecule has 2 nitrogen and oxygen atoms in total. The Morgan fingerprint density at radius 1 is 0.844 bits per heavy atom. The van der Waals surface area contributed by atoms with E-state index in [4.69, 9.17) is 0 Å². The van der Waals surface area contributed by atoms with E-state index in [2.05, 4.69) is 111 Å². The summed E-state index contributed by atoms with van der Waals surface area (Å²) >= 11 is 0. The standard InChI is InChI=1S/C29H31N2Si/c1-17(2)19-9-11-24-23(15-19)22-10-8-18(3)26-28(22)31(24)25-16-21(32(5,6)7)14-20-12-13-30(4)29(26)27(20)25/h8-17H,1-7H3/q+1. The highest BCUT2D eigenvalue weighted by Crippen LogP contribution is 2.41. The van der Waals surface area contributed by atoms with Gasteiger partial charge in [-0.25, -0.2) is 4.57 Å². The fourth-order valence-electron chi connectivity index (χ4n) is 5.53. The van der Waals surface area contributed by atoms with Crippen LogP contribution >= 0.6 is 0 Å². The number of aryl methyl sites for hydroxylation is 2. The monoisotopic (exact) mass is 435 g/mol. The average molecular weight is 436 g/mol. The largest absolute Gasteiger partial charge is 0.307 e. The fourth-order valence-corrected chi connectivity index (χ4v) is 6.68. The Kier molecular flexibility index (Phi) is 3.90. The van der Waals surface area contributed by atoms with Gasteiger partial charge in [-0.15, -0.1) is 0 Å². The van der Waals surface area contributed by atoms with Gasteiger partial charge < -0.3 is 4.40 Å². The van der Waals surface area contributed by atoms with E-state index in [9.17, 15) is 0 Å². The van der Waals surface area contributed by atoms with Crippen molar-refractivity contribution in [3.63, 3.8) is 0 Å². The van der Waals surface area contributed by atoms with E-state index in [0.29, 0.717) is 5.92 Å². The van der Waals surface area contributed by atoms with Crippen LogP contribution in [0.4, 0.5) is 0 Å². The Morgan fingerprint density at radius 2 is 1.62 bits per heavy atom. The molecule has 0 aliphatic rings. The van der Waals surface area contributed by atoms with Crippen LogP contribution in [0.15, 0.2) is 54.7 Å². The molecule has 3 heteroatoms. The van der Waals surface area contributed by atoms with Crippen molar-refractivity contribution in [2.45, 2.75) is 46.3 Å². The first kappa shape index (κ1) is 19.7. The zero-order chi connectivity index (χ0) is 22.5. The highest BCUT2D eigenvalue weighted by molar-refractivity contribution is 6.89. The van der Waals surface area contributed by atoms with Crippen molar-refractivity contribution in [1.82, 2.24) is 4.40 Å². The molecule has 0 aliphatic heterocycles. The van der Waals surface area contributed by atoms with Gasteiger partial charge in [0.1, 0.15) is 7.05 Å². The van der Waals surface area contributed by atoms with Crippen molar-refractivity contribution in [2.24, 2.45) is 7.05 Å². The fraction of sp³-hybridized carbons (Fsp3) is 0.276. The minimum atomic E-state index is -1.48. The lowest BCUT2D eigenvalue weighted by Gasteiger charge is -2.20. The topological polar surface area (TPSA) is 8.29 Å². The molecule has 3 aromatic carbocycles. The minimum Gasteiger partial charge on any atom is -0.307 e. The third-order valence-electron chi connectivity index (χ3n) is 7.39. The molecule has 0 saturated carbocycles. The molecular weight excluding hydrogens is 404 g/mol. The van der Waals surface area contributed by atoms with Crippen LogP contribution in [-0.2, 0) is 7.05 Å². The number of aromatic nitrogens is 2. The lowest BCUT2D eigenvalue weighted by Crippen LogP contribution is -2.38. The molecule has 0 spiro atoms. The maximum Gasteiger partial charge on any atom is 0.224 e. The molecule has 0 fully saturated rings. The molecular formula is C29H31N2Si+. The third-order valence-corrected chi connectivity index (χ3v) is 9.41. The Morgan fingerprint density at radius 3 is 2.34 bits per heavy atom. The molecule has 0 amide bonds. The Bertz CT molecular complexity index is 1700. The normalized spacial score (nSPS) is 13.1. The van der Waals surface area contributed by atoms with Gasteiger partial charge in [0.05, 0.1) is 35.4 Å². The van der Waals surface area contributed by atoms with E-state index in [1.165, 1.54) is 65.3 Å². The number of nitrogens with zero attached hydrogens (tertiary/aromatic N) is 2. The Hall–Kier alpha value is -2.91. The van der Waals surface area contributed by atoms with Crippen molar-refractivity contribution in [3.05, 3.63) is 65.9 Å². The van der Waals surface area contributed by atoms with Gasteiger partial charge in [0.25, 0.3) is 0 Å². The van der Waals surface area contributed by atoms with Crippen LogP contribution in [0.25, 0.3) is 49.0 Å². The summed E-state index contributed by atoms with van der Waals surface area (Å²) in [5, 5.41) is 8.37. The maximum atomic E-state index is 2.57. The smallest absolute Gasteiger partial charge is 0.224 e. The first-order valence-corrected chi connectivity index (χ1v) is 15.2. The Balaban J connectivity index is 2.00. The number of pyridine rings is 2. The minimum absolute atomic E-state index is 0.518. The zero-order valence-corrected chi connectivity index (χ0v) is 21.2. The van der Waals surface area contributed by atoms with Gasteiger partial charge in [0.15, 0.2) is 6.20 Å². The first-order chi connectivity index (χ1) is 15.2. The summed E-state index contributed by atoms with van der Waals surface area (Å²) in [6.45, 7) is 14.2. The molecule has 0 unspecified atom stereocenters. The van der Waals surface area contributed by atoms with E-state index in [-0.39, 0.29) is 0 Å². The number of hydrogen-bond acceptors (Lipinski definition) is 0. The molecule has 0 aliphatic carbocycles. The van der Waals surface area contributed by atoms with Crippen molar-refractivity contribution < 1.29 is 4.57 Å². The average Bonchev–Trinajstić information content (AvgIpc) is 3.07. The van der Waals surface area contributed by atoms with Crippen LogP contribution in [0.3, 0.4) is 0 Å². The summed E-state index contributed by atoms with van der Waals surface area (Å²) in [6, 6.07) is 19.0. The van der Waals surface area contributed by atoms with Gasteiger partial charge in [0, 0.05) is 16.8 Å². The van der Waals surface area contributed by atoms with Gasteiger partial charge in [0.2, 0.25) is 5.52 Å². The number of rotatable bonds is 2. The van der Waals surface area contributed by atoms with Gasteiger partial charge in [-0.05, 0) is 47.6 Å². The summed E-state index contributed by atoms with van der Waals surface area (Å²) in [6.07, 6.45) is 2.24. The molecule has 6 aromatic rings. The second-order valence-electron chi connectivity index (χ2n) is 10.9. The van der Waals surface area contributed by atoms with E-state index in [0.717, 1.165) is 0 Å². The van der Waals surface area contributed by atoms with Crippen LogP contribution in [0.5, 0.6) is 0 Å². The van der Waals surface area contributed by atoms with Gasteiger partial charge in [-0.2, -0.15) is 0 Å². The van der Waals surface area contributed by atoms with E-state index in [1.54, 1.807) is 0 Å². The van der Waals surface area contributed by atoms with Crippen LogP contribution in [0.1, 0.15) is 30.9 Å². The molecule has 32 heavy (non-hydrogen) atoms. The van der Waals surface area contributed by atoms with Crippen molar-refractivity contribution in [2.75, 3.05) is 0 Å². The van der Waals surface area contributed by atoms with Gasteiger partial charge in [-0.1, -0.05) is 62.9 Å². The van der Waals surface area contributed by atoms with E-state index >= 15 is 0 Å². The van der Waals surface area contributed by atoms with Crippen LogP contribution in [0.2, 0.25) is 19.6 Å². The quantitative estimate of drug-likeness (QED) is 0.122. The Labute approximate surface area is 190 Å². The lowest BCUT2D eigenvalue weighted by atomic mass is 9.98. The van der Waals surface area contributed by atoms with Gasteiger partial charge in [-0.3, -0.25) is 0 Å². The summed E-state index contributed by atoms with van der Waals surface area (Å²) in [7, 11) is 0.711. The van der Waals surface area contributed by atoms with Crippen molar-refractivity contribution in [3.8, 4) is 0 Å². The van der Waals surface area contributed by atoms with E-state index in [1.807, 2.05) is 0 Å².